The number of hydrogen-bond acceptors (Lipinski definition) is 5. The molecular formula is C21H26N4O2. The molecule has 0 amide bonds. The predicted octanol–water partition coefficient (Wildman–Crippen LogP) is 1.80. The average molecular weight is 366 g/mol. The molecule has 3 aliphatic rings. The molecule has 6 nitrogen and oxygen atoms in total. The van der Waals surface area contributed by atoms with E-state index < -0.39 is 0 Å². The molecule has 142 valence electrons. The molecule has 2 aromatic rings. The van der Waals surface area contributed by atoms with Crippen LogP contribution in [0.4, 0.5) is 0 Å². The third kappa shape index (κ3) is 2.82. The van der Waals surface area contributed by atoms with Crippen LogP contribution >= 0.6 is 0 Å². The summed E-state index contributed by atoms with van der Waals surface area (Å²) in [4.78, 5) is 8.04. The third-order valence-corrected chi connectivity index (χ3v) is 6.64. The number of aromatic amines is 1. The van der Waals surface area contributed by atoms with E-state index in [4.69, 9.17) is 4.74 Å². The summed E-state index contributed by atoms with van der Waals surface area (Å²) in [7, 11) is 0. The molecule has 0 bridgehead atoms. The van der Waals surface area contributed by atoms with E-state index in [1.807, 2.05) is 4.90 Å². The number of aliphatic hydroxyl groups excluding tert-OH is 1. The highest BCUT2D eigenvalue weighted by Gasteiger charge is 2.41. The van der Waals surface area contributed by atoms with Gasteiger partial charge in [-0.05, 0) is 30.0 Å². The lowest BCUT2D eigenvalue weighted by molar-refractivity contribution is 0.0335. The van der Waals surface area contributed by atoms with Gasteiger partial charge in [-0.2, -0.15) is 5.26 Å². The molecule has 3 atom stereocenters. The summed E-state index contributed by atoms with van der Waals surface area (Å²) in [6, 6.07) is 6.72. The van der Waals surface area contributed by atoms with E-state index in [9.17, 15) is 10.4 Å². The Morgan fingerprint density at radius 3 is 2.93 bits per heavy atom. The van der Waals surface area contributed by atoms with Crippen molar-refractivity contribution in [3.63, 3.8) is 0 Å². The Kier molecular flexibility index (Phi) is 4.31. The van der Waals surface area contributed by atoms with Crippen LogP contribution in [0.15, 0.2) is 18.2 Å². The number of aromatic nitrogens is 1. The molecule has 5 rings (SSSR count). The van der Waals surface area contributed by atoms with Crippen molar-refractivity contribution in [1.29, 1.82) is 5.26 Å². The summed E-state index contributed by atoms with van der Waals surface area (Å²) in [6.07, 6.45) is 4.28. The first-order chi connectivity index (χ1) is 13.3. The van der Waals surface area contributed by atoms with Gasteiger partial charge in [0.2, 0.25) is 0 Å². The highest BCUT2D eigenvalue weighted by atomic mass is 16.5. The maximum Gasteiger partial charge on any atom is 0.179 e. The number of ether oxygens (including phenoxy) is 1. The molecule has 2 aliphatic heterocycles. The van der Waals surface area contributed by atoms with Gasteiger partial charge in [-0.25, -0.2) is 0 Å². The molecule has 1 aliphatic carbocycles. The topological polar surface area (TPSA) is 75.5 Å². The van der Waals surface area contributed by atoms with Gasteiger partial charge < -0.3 is 19.7 Å². The highest BCUT2D eigenvalue weighted by molar-refractivity contribution is 5.89. The number of piperidine rings is 1. The first kappa shape index (κ1) is 17.1. The number of likely N-dealkylation sites (tertiary alicyclic amines) is 1. The zero-order valence-electron chi connectivity index (χ0n) is 15.5. The molecule has 6 heteroatoms. The molecule has 0 spiro atoms. The molecule has 27 heavy (non-hydrogen) atoms. The van der Waals surface area contributed by atoms with E-state index in [1.54, 1.807) is 0 Å². The fourth-order valence-electron chi connectivity index (χ4n) is 5.32. The van der Waals surface area contributed by atoms with Crippen LogP contribution in [0, 0.1) is 17.4 Å². The molecule has 0 radical (unpaired) electrons. The first-order valence-electron chi connectivity index (χ1n) is 9.98. The van der Waals surface area contributed by atoms with Gasteiger partial charge in [0.05, 0.1) is 19.3 Å². The minimum atomic E-state index is 0.152. The van der Waals surface area contributed by atoms with Gasteiger partial charge in [0.15, 0.2) is 6.19 Å². The van der Waals surface area contributed by atoms with Crippen molar-refractivity contribution < 1.29 is 9.84 Å². The number of fused-ring (bicyclic) bond motifs is 2. The summed E-state index contributed by atoms with van der Waals surface area (Å²) < 4.78 is 5.49. The van der Waals surface area contributed by atoms with E-state index in [2.05, 4.69) is 34.3 Å². The second kappa shape index (κ2) is 6.83. The lowest BCUT2D eigenvalue weighted by Crippen LogP contribution is -2.48. The van der Waals surface area contributed by atoms with Crippen LogP contribution in [-0.4, -0.2) is 65.4 Å². The summed E-state index contributed by atoms with van der Waals surface area (Å²) >= 11 is 0. The number of rotatable bonds is 3. The summed E-state index contributed by atoms with van der Waals surface area (Å²) in [5.41, 5.74) is 5.23. The molecular weight excluding hydrogens is 340 g/mol. The van der Waals surface area contributed by atoms with Crippen molar-refractivity contribution in [3.05, 3.63) is 35.0 Å². The number of morpholine rings is 1. The molecule has 1 aromatic heterocycles. The lowest BCUT2D eigenvalue weighted by Gasteiger charge is -2.44. The fraction of sp³-hybridized carbons (Fsp3) is 0.571. The second-order valence-corrected chi connectivity index (χ2v) is 8.16. The highest BCUT2D eigenvalue weighted by Crippen LogP contribution is 2.45. The van der Waals surface area contributed by atoms with Crippen molar-refractivity contribution in [2.75, 3.05) is 39.5 Å². The van der Waals surface area contributed by atoms with Crippen LogP contribution in [0.25, 0.3) is 10.9 Å². The number of nitriles is 1. The van der Waals surface area contributed by atoms with Gasteiger partial charge in [-0.15, -0.1) is 0 Å². The standard InChI is InChI=1S/C21H26N4O2/c22-13-25-10-14(12-26)8-16-15-2-1-3-18-21(15)17(9-20(16)25)19(23-18)11-24-4-6-27-7-5-24/h1-3,14,16,20,23,26H,4-12H2/t14-,16-,20-/m1/s1. The number of benzene rings is 1. The van der Waals surface area contributed by atoms with Gasteiger partial charge in [-0.1, -0.05) is 12.1 Å². The Morgan fingerprint density at radius 2 is 2.15 bits per heavy atom. The number of nitrogens with one attached hydrogen (secondary N) is 1. The van der Waals surface area contributed by atoms with E-state index in [0.717, 1.165) is 45.7 Å². The van der Waals surface area contributed by atoms with Crippen molar-refractivity contribution in [1.82, 2.24) is 14.8 Å². The van der Waals surface area contributed by atoms with E-state index in [-0.39, 0.29) is 18.6 Å². The van der Waals surface area contributed by atoms with E-state index in [1.165, 1.54) is 27.7 Å². The van der Waals surface area contributed by atoms with Gasteiger partial charge >= 0.3 is 0 Å². The molecule has 2 fully saturated rings. The van der Waals surface area contributed by atoms with Crippen LogP contribution in [0.1, 0.15) is 29.2 Å². The maximum absolute atomic E-state index is 9.73. The number of H-pyrrole nitrogens is 1. The Bertz CT molecular complexity index is 880. The van der Waals surface area contributed by atoms with E-state index in [0.29, 0.717) is 12.5 Å². The first-order valence-corrected chi connectivity index (χ1v) is 9.98. The lowest BCUT2D eigenvalue weighted by atomic mass is 9.72. The van der Waals surface area contributed by atoms with Gasteiger partial charge in [0.1, 0.15) is 0 Å². The van der Waals surface area contributed by atoms with Crippen LogP contribution in [0.5, 0.6) is 0 Å². The number of nitrogens with zero attached hydrogens (tertiary/aromatic N) is 3. The zero-order valence-corrected chi connectivity index (χ0v) is 15.5. The van der Waals surface area contributed by atoms with Crippen LogP contribution in [0.3, 0.4) is 0 Å². The average Bonchev–Trinajstić information content (AvgIpc) is 3.06. The summed E-state index contributed by atoms with van der Waals surface area (Å²) in [6.45, 7) is 5.28. The van der Waals surface area contributed by atoms with Gasteiger partial charge in [0.25, 0.3) is 0 Å². The molecule has 3 heterocycles. The Labute approximate surface area is 159 Å². The van der Waals surface area contributed by atoms with E-state index >= 15 is 0 Å². The minimum Gasteiger partial charge on any atom is -0.396 e. The van der Waals surface area contributed by atoms with Crippen molar-refractivity contribution in [2.24, 2.45) is 5.92 Å². The fourth-order valence-corrected chi connectivity index (χ4v) is 5.32. The van der Waals surface area contributed by atoms with Crippen LogP contribution in [0.2, 0.25) is 0 Å². The van der Waals surface area contributed by atoms with Crippen molar-refractivity contribution in [2.45, 2.75) is 31.3 Å². The van der Waals surface area contributed by atoms with Crippen LogP contribution < -0.4 is 0 Å². The smallest absolute Gasteiger partial charge is 0.179 e. The molecule has 0 saturated carbocycles. The summed E-state index contributed by atoms with van der Waals surface area (Å²) in [5, 5.41) is 20.8. The number of aliphatic hydroxyl groups is 1. The van der Waals surface area contributed by atoms with Crippen molar-refractivity contribution >= 4 is 10.9 Å². The largest absolute Gasteiger partial charge is 0.396 e. The molecule has 2 saturated heterocycles. The maximum atomic E-state index is 9.73. The van der Waals surface area contributed by atoms with Gasteiger partial charge in [0, 0.05) is 61.2 Å². The van der Waals surface area contributed by atoms with Crippen molar-refractivity contribution in [3.8, 4) is 6.19 Å². The number of hydrogen-bond donors (Lipinski definition) is 2. The minimum absolute atomic E-state index is 0.152. The third-order valence-electron chi connectivity index (χ3n) is 6.64. The normalized spacial score (nSPS) is 28.1. The molecule has 0 unspecified atom stereocenters. The summed E-state index contributed by atoms with van der Waals surface area (Å²) in [5.74, 6) is 0.494. The van der Waals surface area contributed by atoms with Gasteiger partial charge in [-0.3, -0.25) is 4.90 Å². The second-order valence-electron chi connectivity index (χ2n) is 8.16. The van der Waals surface area contributed by atoms with Crippen LogP contribution in [-0.2, 0) is 17.7 Å². The Morgan fingerprint density at radius 1 is 1.30 bits per heavy atom. The Hall–Kier alpha value is -2.07. The molecule has 1 aromatic carbocycles. The quantitative estimate of drug-likeness (QED) is 0.811. The molecule has 2 N–H and O–H groups in total. The monoisotopic (exact) mass is 366 g/mol. The predicted molar refractivity (Wildman–Crippen MR) is 102 cm³/mol. The SMILES string of the molecule is N#CN1C[C@H](CO)C[C@@H]2c3cccc4[nH]c(CN5CCOCC5)c(c34)C[C@H]21. The Balaban J connectivity index is 1.56. The zero-order chi connectivity index (χ0) is 18.4.